The van der Waals surface area contributed by atoms with Crippen LogP contribution in [0.1, 0.15) is 30.2 Å². The van der Waals surface area contributed by atoms with E-state index in [-0.39, 0.29) is 6.04 Å². The van der Waals surface area contributed by atoms with Crippen LogP contribution < -0.4 is 5.73 Å². The predicted molar refractivity (Wildman–Crippen MR) is 66.1 cm³/mol. The first kappa shape index (κ1) is 11.4. The van der Waals surface area contributed by atoms with Crippen molar-refractivity contribution < 1.29 is 4.42 Å². The number of oxazole rings is 1. The number of halogens is 1. The second kappa shape index (κ2) is 4.80. The van der Waals surface area contributed by atoms with Gasteiger partial charge in [0.05, 0.1) is 12.2 Å². The predicted octanol–water partition coefficient (Wildman–Crippen LogP) is 3.05. The zero-order valence-electron chi connectivity index (χ0n) is 8.98. The van der Waals surface area contributed by atoms with Crippen LogP contribution in [0.3, 0.4) is 0 Å². The van der Waals surface area contributed by atoms with Gasteiger partial charge in [0.25, 0.3) is 0 Å². The van der Waals surface area contributed by atoms with E-state index < -0.39 is 0 Å². The van der Waals surface area contributed by atoms with Gasteiger partial charge in [0.2, 0.25) is 0 Å². The lowest BCUT2D eigenvalue weighted by Gasteiger charge is -1.99. The normalized spacial score (nSPS) is 12.7. The van der Waals surface area contributed by atoms with Gasteiger partial charge in [-0.15, -0.1) is 0 Å². The molecule has 0 amide bonds. The molecule has 1 unspecified atom stereocenters. The highest BCUT2D eigenvalue weighted by molar-refractivity contribution is 9.10. The summed E-state index contributed by atoms with van der Waals surface area (Å²) in [5.41, 5.74) is 6.86. The first-order chi connectivity index (χ1) is 7.65. The Morgan fingerprint density at radius 2 is 2.31 bits per heavy atom. The van der Waals surface area contributed by atoms with E-state index in [1.807, 2.05) is 25.1 Å². The summed E-state index contributed by atoms with van der Waals surface area (Å²) in [6.07, 6.45) is 2.38. The number of benzene rings is 1. The Balaban J connectivity index is 2.14. The van der Waals surface area contributed by atoms with Crippen LogP contribution in [0.5, 0.6) is 0 Å². The Morgan fingerprint density at radius 3 is 2.94 bits per heavy atom. The molecule has 2 N–H and O–H groups in total. The Bertz CT molecular complexity index is 479. The topological polar surface area (TPSA) is 52.0 Å². The molecular weight excluding hydrogens is 268 g/mol. The van der Waals surface area contributed by atoms with Crippen molar-refractivity contribution in [3.63, 3.8) is 0 Å². The molecule has 0 bridgehead atoms. The molecule has 2 rings (SSSR count). The highest BCUT2D eigenvalue weighted by Crippen LogP contribution is 2.17. The van der Waals surface area contributed by atoms with Crippen LogP contribution in [0.25, 0.3) is 0 Å². The molecule has 16 heavy (non-hydrogen) atoms. The molecule has 1 atom stereocenters. The van der Waals surface area contributed by atoms with Crippen LogP contribution in [0.4, 0.5) is 0 Å². The summed E-state index contributed by atoms with van der Waals surface area (Å²) < 4.78 is 6.60. The van der Waals surface area contributed by atoms with Gasteiger partial charge in [-0.3, -0.25) is 0 Å². The smallest absolute Gasteiger partial charge is 0.198 e. The van der Waals surface area contributed by atoms with E-state index in [2.05, 4.69) is 27.0 Å². The van der Waals surface area contributed by atoms with Gasteiger partial charge in [0, 0.05) is 10.9 Å². The molecule has 0 saturated heterocycles. The summed E-state index contributed by atoms with van der Waals surface area (Å²) in [5, 5.41) is 0. The van der Waals surface area contributed by atoms with Gasteiger partial charge in [-0.2, -0.15) is 0 Å². The van der Waals surface area contributed by atoms with Crippen molar-refractivity contribution >= 4 is 15.9 Å². The fourth-order valence-electron chi connectivity index (χ4n) is 1.44. The summed E-state index contributed by atoms with van der Waals surface area (Å²) >= 11 is 3.43. The summed E-state index contributed by atoms with van der Waals surface area (Å²) in [6.45, 7) is 1.88. The van der Waals surface area contributed by atoms with Crippen LogP contribution in [0.15, 0.2) is 39.4 Å². The molecule has 0 radical (unpaired) electrons. The van der Waals surface area contributed by atoms with Crippen LogP contribution >= 0.6 is 15.9 Å². The highest BCUT2D eigenvalue weighted by atomic mass is 79.9. The maximum atomic E-state index is 5.70. The third-order valence-electron chi connectivity index (χ3n) is 2.26. The Morgan fingerprint density at radius 1 is 1.50 bits per heavy atom. The first-order valence-electron chi connectivity index (χ1n) is 5.10. The van der Waals surface area contributed by atoms with Gasteiger partial charge < -0.3 is 10.2 Å². The van der Waals surface area contributed by atoms with Crippen molar-refractivity contribution in [2.75, 3.05) is 0 Å². The van der Waals surface area contributed by atoms with Crippen molar-refractivity contribution in [1.82, 2.24) is 4.98 Å². The van der Waals surface area contributed by atoms with Gasteiger partial charge in [-0.05, 0) is 24.6 Å². The third-order valence-corrected chi connectivity index (χ3v) is 2.76. The largest absolute Gasteiger partial charge is 0.444 e. The van der Waals surface area contributed by atoms with E-state index in [1.54, 1.807) is 6.20 Å². The average Bonchev–Trinajstić information content (AvgIpc) is 2.66. The van der Waals surface area contributed by atoms with Crippen molar-refractivity contribution in [3.05, 3.63) is 52.1 Å². The minimum absolute atomic E-state index is 0.108. The average molecular weight is 281 g/mol. The minimum Gasteiger partial charge on any atom is -0.444 e. The van der Waals surface area contributed by atoms with Crippen molar-refractivity contribution in [3.8, 4) is 0 Å². The fourth-order valence-corrected chi connectivity index (χ4v) is 1.88. The number of nitrogens with two attached hydrogens (primary N) is 1. The molecule has 4 heteroatoms. The Hall–Kier alpha value is -1.13. The van der Waals surface area contributed by atoms with E-state index in [0.29, 0.717) is 12.3 Å². The number of hydrogen-bond donors (Lipinski definition) is 1. The number of aromatic nitrogens is 1. The molecule has 0 spiro atoms. The summed E-state index contributed by atoms with van der Waals surface area (Å²) in [6, 6.07) is 7.97. The van der Waals surface area contributed by atoms with Gasteiger partial charge in [-0.25, -0.2) is 4.98 Å². The lowest BCUT2D eigenvalue weighted by Crippen LogP contribution is -2.02. The zero-order valence-corrected chi connectivity index (χ0v) is 10.6. The van der Waals surface area contributed by atoms with Gasteiger partial charge in [0.15, 0.2) is 5.89 Å². The van der Waals surface area contributed by atoms with Gasteiger partial charge in [-0.1, -0.05) is 28.1 Å². The molecule has 1 aromatic heterocycles. The van der Waals surface area contributed by atoms with Crippen LogP contribution in [-0.2, 0) is 6.42 Å². The molecule has 2 aromatic rings. The Kier molecular flexibility index (Phi) is 3.41. The second-order valence-electron chi connectivity index (χ2n) is 3.75. The van der Waals surface area contributed by atoms with Crippen molar-refractivity contribution in [2.45, 2.75) is 19.4 Å². The molecule has 3 nitrogen and oxygen atoms in total. The molecule has 0 saturated carbocycles. The highest BCUT2D eigenvalue weighted by Gasteiger charge is 2.08. The standard InChI is InChI=1S/C12H13BrN2O/c1-8(14)11-7-15-12(16-11)6-9-3-2-4-10(13)5-9/h2-5,7-8H,6,14H2,1H3. The summed E-state index contributed by atoms with van der Waals surface area (Å²) in [5.74, 6) is 1.43. The maximum absolute atomic E-state index is 5.70. The van der Waals surface area contributed by atoms with Crippen LogP contribution in [0, 0.1) is 0 Å². The monoisotopic (exact) mass is 280 g/mol. The van der Waals surface area contributed by atoms with Crippen molar-refractivity contribution in [1.29, 1.82) is 0 Å². The van der Waals surface area contributed by atoms with E-state index >= 15 is 0 Å². The number of nitrogens with zero attached hydrogens (tertiary/aromatic N) is 1. The molecule has 84 valence electrons. The molecule has 1 heterocycles. The molecule has 1 aromatic carbocycles. The van der Waals surface area contributed by atoms with E-state index in [9.17, 15) is 0 Å². The van der Waals surface area contributed by atoms with E-state index in [1.165, 1.54) is 0 Å². The second-order valence-corrected chi connectivity index (χ2v) is 4.67. The van der Waals surface area contributed by atoms with Crippen molar-refractivity contribution in [2.24, 2.45) is 5.73 Å². The first-order valence-corrected chi connectivity index (χ1v) is 5.89. The quantitative estimate of drug-likeness (QED) is 0.940. The van der Waals surface area contributed by atoms with Gasteiger partial charge in [0.1, 0.15) is 5.76 Å². The minimum atomic E-state index is -0.108. The maximum Gasteiger partial charge on any atom is 0.198 e. The van der Waals surface area contributed by atoms with E-state index in [4.69, 9.17) is 10.2 Å². The molecule has 0 aliphatic rings. The fraction of sp³-hybridized carbons (Fsp3) is 0.250. The van der Waals surface area contributed by atoms with Gasteiger partial charge >= 0.3 is 0 Å². The van der Waals surface area contributed by atoms with Crippen LogP contribution in [0.2, 0.25) is 0 Å². The van der Waals surface area contributed by atoms with E-state index in [0.717, 1.165) is 15.8 Å². The molecular formula is C12H13BrN2O. The Labute approximate surface area is 103 Å². The zero-order chi connectivity index (χ0) is 11.5. The molecule has 0 aliphatic heterocycles. The lowest BCUT2D eigenvalue weighted by molar-refractivity contribution is 0.441. The molecule has 0 aliphatic carbocycles. The summed E-state index contributed by atoms with van der Waals surface area (Å²) in [7, 11) is 0. The number of hydrogen-bond acceptors (Lipinski definition) is 3. The lowest BCUT2D eigenvalue weighted by atomic mass is 10.1. The van der Waals surface area contributed by atoms with Crippen LogP contribution in [-0.4, -0.2) is 4.98 Å². The molecule has 0 fully saturated rings. The summed E-state index contributed by atoms with van der Waals surface area (Å²) in [4.78, 5) is 4.20. The SMILES string of the molecule is CC(N)c1cnc(Cc2cccc(Br)c2)o1. The number of rotatable bonds is 3. The third kappa shape index (κ3) is 2.71.